The quantitative estimate of drug-likeness (QED) is 0.840. The molecular weight excluding hydrogens is 212 g/mol. The number of methoxy groups -OCH3 is 1. The molecule has 1 aromatic rings. The number of nitrogens with two attached hydrogens (primary N) is 1. The number of hydrogen-bond donors (Lipinski definition) is 2. The Kier molecular flexibility index (Phi) is 3.69. The van der Waals surface area contributed by atoms with Gasteiger partial charge in [0.25, 0.3) is 0 Å². The minimum absolute atomic E-state index is 0.134. The second-order valence-corrected chi connectivity index (χ2v) is 4.89. The molecule has 0 radical (unpaired) electrons. The Labute approximate surface area is 103 Å². The zero-order valence-electron chi connectivity index (χ0n) is 10.9. The van der Waals surface area contributed by atoms with E-state index in [-0.39, 0.29) is 6.04 Å². The number of rotatable bonds is 3. The lowest BCUT2D eigenvalue weighted by molar-refractivity contribution is 0.410. The second-order valence-electron chi connectivity index (χ2n) is 4.89. The maximum atomic E-state index is 6.38. The third-order valence-corrected chi connectivity index (χ3v) is 3.96. The van der Waals surface area contributed by atoms with Gasteiger partial charge < -0.3 is 15.8 Å². The highest BCUT2D eigenvalue weighted by atomic mass is 16.5. The summed E-state index contributed by atoms with van der Waals surface area (Å²) in [4.78, 5) is 0. The number of ether oxygens (including phenoxy) is 1. The van der Waals surface area contributed by atoms with Crippen molar-refractivity contribution in [1.29, 1.82) is 0 Å². The van der Waals surface area contributed by atoms with Crippen LogP contribution in [0.3, 0.4) is 0 Å². The minimum atomic E-state index is 0.134. The maximum absolute atomic E-state index is 6.38. The summed E-state index contributed by atoms with van der Waals surface area (Å²) in [7, 11) is 1.71. The Bertz CT molecular complexity index is 397. The van der Waals surface area contributed by atoms with Gasteiger partial charge in [0.15, 0.2) is 0 Å². The van der Waals surface area contributed by atoms with E-state index in [1.54, 1.807) is 7.11 Å². The van der Waals surface area contributed by atoms with Gasteiger partial charge in [0.2, 0.25) is 0 Å². The molecule has 17 heavy (non-hydrogen) atoms. The van der Waals surface area contributed by atoms with Crippen LogP contribution in [0.2, 0.25) is 0 Å². The highest BCUT2D eigenvalue weighted by Crippen LogP contribution is 2.31. The average molecular weight is 234 g/mol. The summed E-state index contributed by atoms with van der Waals surface area (Å²) in [6, 6.07) is 4.28. The SMILES string of the molecule is COc1ccc(C(N)C2CCNC2)c(C)c1C. The standard InChI is InChI=1S/C14H22N2O/c1-9-10(2)13(17-3)5-4-12(9)14(15)11-6-7-16-8-11/h4-5,11,14,16H,6-8,15H2,1-3H3. The molecule has 1 saturated heterocycles. The van der Waals surface area contributed by atoms with Gasteiger partial charge in [-0.1, -0.05) is 6.07 Å². The van der Waals surface area contributed by atoms with Crippen molar-refractivity contribution in [3.8, 4) is 5.75 Å². The van der Waals surface area contributed by atoms with Crippen LogP contribution in [-0.4, -0.2) is 20.2 Å². The van der Waals surface area contributed by atoms with Gasteiger partial charge in [-0.2, -0.15) is 0 Å². The van der Waals surface area contributed by atoms with Crippen LogP contribution in [0, 0.1) is 19.8 Å². The van der Waals surface area contributed by atoms with E-state index in [2.05, 4.69) is 25.2 Å². The highest BCUT2D eigenvalue weighted by Gasteiger charge is 2.24. The van der Waals surface area contributed by atoms with Crippen molar-refractivity contribution in [2.24, 2.45) is 11.7 Å². The molecule has 0 saturated carbocycles. The Balaban J connectivity index is 2.29. The van der Waals surface area contributed by atoms with Gasteiger partial charge in [0.1, 0.15) is 5.75 Å². The van der Waals surface area contributed by atoms with Gasteiger partial charge in [-0.3, -0.25) is 0 Å². The zero-order valence-corrected chi connectivity index (χ0v) is 10.9. The first-order valence-corrected chi connectivity index (χ1v) is 6.25. The Morgan fingerprint density at radius 3 is 2.71 bits per heavy atom. The van der Waals surface area contributed by atoms with Crippen LogP contribution in [0.15, 0.2) is 12.1 Å². The lowest BCUT2D eigenvalue weighted by Crippen LogP contribution is -2.24. The van der Waals surface area contributed by atoms with E-state index in [9.17, 15) is 0 Å². The molecule has 0 aromatic heterocycles. The summed E-state index contributed by atoms with van der Waals surface area (Å²) < 4.78 is 5.33. The third kappa shape index (κ3) is 2.31. The molecule has 0 bridgehead atoms. The molecular formula is C14H22N2O. The predicted octanol–water partition coefficient (Wildman–Crippen LogP) is 1.92. The average Bonchev–Trinajstić information content (AvgIpc) is 2.85. The van der Waals surface area contributed by atoms with Gasteiger partial charge in [0.05, 0.1) is 7.11 Å². The lowest BCUT2D eigenvalue weighted by atomic mass is 9.88. The monoisotopic (exact) mass is 234 g/mol. The molecule has 2 rings (SSSR count). The van der Waals surface area contributed by atoms with E-state index in [1.807, 2.05) is 6.07 Å². The fourth-order valence-corrected chi connectivity index (χ4v) is 2.64. The summed E-state index contributed by atoms with van der Waals surface area (Å²) in [5, 5.41) is 3.37. The molecule has 1 aromatic carbocycles. The Morgan fingerprint density at radius 2 is 2.12 bits per heavy atom. The van der Waals surface area contributed by atoms with Crippen LogP contribution in [-0.2, 0) is 0 Å². The Morgan fingerprint density at radius 1 is 1.35 bits per heavy atom. The molecule has 1 aliphatic rings. The lowest BCUT2D eigenvalue weighted by Gasteiger charge is -2.22. The summed E-state index contributed by atoms with van der Waals surface area (Å²) in [5.41, 5.74) is 10.1. The van der Waals surface area contributed by atoms with Crippen molar-refractivity contribution in [3.05, 3.63) is 28.8 Å². The smallest absolute Gasteiger partial charge is 0.122 e. The van der Waals surface area contributed by atoms with Crippen molar-refractivity contribution in [3.63, 3.8) is 0 Å². The number of nitrogens with one attached hydrogen (secondary N) is 1. The van der Waals surface area contributed by atoms with Crippen LogP contribution in [0.5, 0.6) is 5.75 Å². The van der Waals surface area contributed by atoms with E-state index >= 15 is 0 Å². The maximum Gasteiger partial charge on any atom is 0.122 e. The van der Waals surface area contributed by atoms with Gasteiger partial charge in [-0.05, 0) is 62.0 Å². The van der Waals surface area contributed by atoms with Crippen molar-refractivity contribution >= 4 is 0 Å². The molecule has 3 nitrogen and oxygen atoms in total. The molecule has 1 aliphatic heterocycles. The highest BCUT2D eigenvalue weighted by molar-refractivity contribution is 5.44. The van der Waals surface area contributed by atoms with E-state index in [1.165, 1.54) is 23.1 Å². The molecule has 3 N–H and O–H groups in total. The van der Waals surface area contributed by atoms with Crippen LogP contribution in [0.25, 0.3) is 0 Å². The topological polar surface area (TPSA) is 47.3 Å². The van der Waals surface area contributed by atoms with Crippen molar-refractivity contribution < 1.29 is 4.74 Å². The van der Waals surface area contributed by atoms with Crippen LogP contribution < -0.4 is 15.8 Å². The largest absolute Gasteiger partial charge is 0.496 e. The van der Waals surface area contributed by atoms with E-state index in [4.69, 9.17) is 10.5 Å². The first kappa shape index (κ1) is 12.4. The Hall–Kier alpha value is -1.06. The van der Waals surface area contributed by atoms with E-state index < -0.39 is 0 Å². The fourth-order valence-electron chi connectivity index (χ4n) is 2.64. The molecule has 3 heteroatoms. The summed E-state index contributed by atoms with van der Waals surface area (Å²) in [6.07, 6.45) is 1.17. The summed E-state index contributed by atoms with van der Waals surface area (Å²) in [6.45, 7) is 6.35. The summed E-state index contributed by atoms with van der Waals surface area (Å²) in [5.74, 6) is 1.50. The molecule has 2 unspecified atom stereocenters. The molecule has 1 fully saturated rings. The second kappa shape index (κ2) is 5.07. The number of hydrogen-bond acceptors (Lipinski definition) is 3. The van der Waals surface area contributed by atoms with Gasteiger partial charge >= 0.3 is 0 Å². The van der Waals surface area contributed by atoms with Crippen LogP contribution >= 0.6 is 0 Å². The zero-order chi connectivity index (χ0) is 12.4. The van der Waals surface area contributed by atoms with Gasteiger partial charge in [-0.25, -0.2) is 0 Å². The van der Waals surface area contributed by atoms with Crippen molar-refractivity contribution in [2.45, 2.75) is 26.3 Å². The van der Waals surface area contributed by atoms with E-state index in [0.717, 1.165) is 18.8 Å². The predicted molar refractivity (Wildman–Crippen MR) is 70.4 cm³/mol. The van der Waals surface area contributed by atoms with Crippen molar-refractivity contribution in [2.75, 3.05) is 20.2 Å². The normalized spacial score (nSPS) is 21.5. The van der Waals surface area contributed by atoms with Gasteiger partial charge in [-0.15, -0.1) is 0 Å². The number of benzene rings is 1. The summed E-state index contributed by atoms with van der Waals surface area (Å²) >= 11 is 0. The molecule has 0 spiro atoms. The minimum Gasteiger partial charge on any atom is -0.496 e. The molecule has 0 aliphatic carbocycles. The molecule has 94 valence electrons. The molecule has 2 atom stereocenters. The molecule has 1 heterocycles. The third-order valence-electron chi connectivity index (χ3n) is 3.96. The first-order chi connectivity index (χ1) is 8.15. The fraction of sp³-hybridized carbons (Fsp3) is 0.571. The molecule has 0 amide bonds. The van der Waals surface area contributed by atoms with Gasteiger partial charge in [0, 0.05) is 6.04 Å². The first-order valence-electron chi connectivity index (χ1n) is 6.25. The van der Waals surface area contributed by atoms with Crippen molar-refractivity contribution in [1.82, 2.24) is 5.32 Å². The van der Waals surface area contributed by atoms with E-state index in [0.29, 0.717) is 5.92 Å². The van der Waals surface area contributed by atoms with Crippen LogP contribution in [0.1, 0.15) is 29.2 Å². The van der Waals surface area contributed by atoms with Crippen LogP contribution in [0.4, 0.5) is 0 Å².